The molecular formula is C11H10F2N4O2S. The van der Waals surface area contributed by atoms with Gasteiger partial charge in [-0.05, 0) is 11.6 Å². The molecule has 0 saturated heterocycles. The molecule has 0 aliphatic heterocycles. The summed E-state index contributed by atoms with van der Waals surface area (Å²) in [7, 11) is 0. The zero-order valence-electron chi connectivity index (χ0n) is 10.1. The molecule has 0 saturated carbocycles. The van der Waals surface area contributed by atoms with Gasteiger partial charge in [0.2, 0.25) is 5.16 Å². The Labute approximate surface area is 116 Å². The van der Waals surface area contributed by atoms with Crippen LogP contribution in [-0.2, 0) is 11.2 Å². The summed E-state index contributed by atoms with van der Waals surface area (Å²) in [5, 5.41) is 16.3. The summed E-state index contributed by atoms with van der Waals surface area (Å²) in [5.41, 5.74) is 0.222. The summed E-state index contributed by atoms with van der Waals surface area (Å²) in [5.74, 6) is 3.36. The minimum Gasteiger partial charge on any atom is -0.481 e. The fourth-order valence-corrected chi connectivity index (χ4v) is 2.08. The number of halogens is 2. The minimum atomic E-state index is -1.01. The van der Waals surface area contributed by atoms with Crippen LogP contribution in [0.5, 0.6) is 0 Å². The van der Waals surface area contributed by atoms with E-state index in [2.05, 4.69) is 10.2 Å². The number of benzene rings is 1. The molecule has 0 spiro atoms. The van der Waals surface area contributed by atoms with Crippen LogP contribution >= 0.6 is 11.8 Å². The van der Waals surface area contributed by atoms with Gasteiger partial charge in [-0.3, -0.25) is 4.79 Å². The Kier molecular flexibility index (Phi) is 4.18. The van der Waals surface area contributed by atoms with E-state index in [0.717, 1.165) is 28.6 Å². The second-order valence-electron chi connectivity index (χ2n) is 3.86. The van der Waals surface area contributed by atoms with Gasteiger partial charge in [0.1, 0.15) is 11.6 Å². The lowest BCUT2D eigenvalue weighted by atomic mass is 10.1. The highest BCUT2D eigenvalue weighted by atomic mass is 32.2. The Balaban J connectivity index is 2.15. The number of nitrogen functional groups attached to an aromatic ring is 1. The molecule has 0 aliphatic rings. The van der Waals surface area contributed by atoms with E-state index in [1.807, 2.05) is 0 Å². The number of hydrogen-bond donors (Lipinski definition) is 2. The molecule has 1 heterocycles. The number of carboxylic acid groups (broad SMARTS) is 1. The topological polar surface area (TPSA) is 94.0 Å². The number of carboxylic acids is 1. The van der Waals surface area contributed by atoms with Crippen LogP contribution in [0.3, 0.4) is 0 Å². The maximum Gasteiger partial charge on any atom is 0.313 e. The molecular weight excluding hydrogens is 290 g/mol. The molecule has 0 aliphatic carbocycles. The van der Waals surface area contributed by atoms with Gasteiger partial charge in [0.25, 0.3) is 0 Å². The normalized spacial score (nSPS) is 10.7. The average Bonchev–Trinajstić information content (AvgIpc) is 2.72. The number of aliphatic carboxylic acids is 1. The molecule has 20 heavy (non-hydrogen) atoms. The number of hydrogen-bond acceptors (Lipinski definition) is 5. The number of carbonyl (C=O) groups is 1. The van der Waals surface area contributed by atoms with Crippen molar-refractivity contribution in [3.8, 4) is 0 Å². The highest BCUT2D eigenvalue weighted by Gasteiger charge is 2.14. The van der Waals surface area contributed by atoms with E-state index in [1.54, 1.807) is 0 Å². The quantitative estimate of drug-likeness (QED) is 0.633. The predicted molar refractivity (Wildman–Crippen MR) is 67.7 cm³/mol. The Morgan fingerprint density at radius 3 is 2.80 bits per heavy atom. The van der Waals surface area contributed by atoms with Crippen molar-refractivity contribution in [3.05, 3.63) is 41.2 Å². The van der Waals surface area contributed by atoms with Gasteiger partial charge in [-0.1, -0.05) is 17.8 Å². The van der Waals surface area contributed by atoms with E-state index in [9.17, 15) is 13.6 Å². The first-order valence-corrected chi connectivity index (χ1v) is 6.44. The summed E-state index contributed by atoms with van der Waals surface area (Å²) < 4.78 is 27.4. The van der Waals surface area contributed by atoms with E-state index in [4.69, 9.17) is 10.9 Å². The van der Waals surface area contributed by atoms with Gasteiger partial charge in [-0.25, -0.2) is 13.5 Å². The van der Waals surface area contributed by atoms with Crippen molar-refractivity contribution in [1.29, 1.82) is 0 Å². The molecule has 0 atom stereocenters. The Bertz CT molecular complexity index is 647. The van der Waals surface area contributed by atoms with Crippen LogP contribution in [0.2, 0.25) is 0 Å². The Morgan fingerprint density at radius 2 is 2.15 bits per heavy atom. The summed E-state index contributed by atoms with van der Waals surface area (Å²) in [6.45, 7) is 0. The van der Waals surface area contributed by atoms with Crippen LogP contribution in [0.15, 0.2) is 23.4 Å². The predicted octanol–water partition coefficient (Wildman–Crippen LogP) is 1.04. The average molecular weight is 300 g/mol. The van der Waals surface area contributed by atoms with Crippen molar-refractivity contribution >= 4 is 17.7 Å². The number of aromatic nitrogens is 3. The van der Waals surface area contributed by atoms with Gasteiger partial charge >= 0.3 is 5.97 Å². The molecule has 0 fully saturated rings. The van der Waals surface area contributed by atoms with Gasteiger partial charge in [0.15, 0.2) is 5.82 Å². The first-order chi connectivity index (χ1) is 9.47. The monoisotopic (exact) mass is 300 g/mol. The smallest absolute Gasteiger partial charge is 0.313 e. The fourth-order valence-electron chi connectivity index (χ4n) is 1.49. The second kappa shape index (κ2) is 5.87. The van der Waals surface area contributed by atoms with E-state index < -0.39 is 17.6 Å². The molecule has 9 heteroatoms. The zero-order chi connectivity index (χ0) is 14.7. The van der Waals surface area contributed by atoms with Crippen molar-refractivity contribution in [3.63, 3.8) is 0 Å². The number of rotatable bonds is 5. The van der Waals surface area contributed by atoms with Crippen LogP contribution in [0.25, 0.3) is 0 Å². The molecule has 3 N–H and O–H groups in total. The first kappa shape index (κ1) is 14.3. The summed E-state index contributed by atoms with van der Waals surface area (Å²) in [6, 6.07) is 3.20. The molecule has 2 rings (SSSR count). The summed E-state index contributed by atoms with van der Waals surface area (Å²) >= 11 is 0.904. The van der Waals surface area contributed by atoms with Gasteiger partial charge in [0.05, 0.1) is 5.75 Å². The lowest BCUT2D eigenvalue weighted by Gasteiger charge is -2.04. The Morgan fingerprint density at radius 1 is 1.40 bits per heavy atom. The summed E-state index contributed by atoms with van der Waals surface area (Å²) in [4.78, 5) is 10.5. The zero-order valence-corrected chi connectivity index (χ0v) is 10.9. The maximum absolute atomic E-state index is 13.5. The molecule has 0 radical (unpaired) electrons. The van der Waals surface area contributed by atoms with Crippen molar-refractivity contribution in [2.24, 2.45) is 0 Å². The molecule has 1 aromatic heterocycles. The highest BCUT2D eigenvalue weighted by molar-refractivity contribution is 7.99. The third kappa shape index (κ3) is 3.23. The van der Waals surface area contributed by atoms with Crippen LogP contribution in [0.1, 0.15) is 11.4 Å². The van der Waals surface area contributed by atoms with Crippen molar-refractivity contribution in [2.75, 3.05) is 11.6 Å². The minimum absolute atomic E-state index is 0.0310. The summed E-state index contributed by atoms with van der Waals surface area (Å²) in [6.07, 6.45) is 0.0310. The second-order valence-corrected chi connectivity index (χ2v) is 4.81. The van der Waals surface area contributed by atoms with E-state index >= 15 is 0 Å². The van der Waals surface area contributed by atoms with Crippen LogP contribution in [-0.4, -0.2) is 31.7 Å². The third-order valence-corrected chi connectivity index (χ3v) is 3.35. The molecule has 106 valence electrons. The highest BCUT2D eigenvalue weighted by Crippen LogP contribution is 2.17. The molecule has 2 aromatic rings. The lowest BCUT2D eigenvalue weighted by molar-refractivity contribution is -0.133. The van der Waals surface area contributed by atoms with E-state index in [-0.39, 0.29) is 28.7 Å². The van der Waals surface area contributed by atoms with Crippen molar-refractivity contribution in [1.82, 2.24) is 14.9 Å². The fraction of sp³-hybridized carbons (Fsp3) is 0.182. The van der Waals surface area contributed by atoms with Crippen LogP contribution < -0.4 is 5.84 Å². The van der Waals surface area contributed by atoms with Gasteiger partial charge in [-0.2, -0.15) is 0 Å². The molecule has 1 aromatic carbocycles. The lowest BCUT2D eigenvalue weighted by Crippen LogP contribution is -2.15. The maximum atomic E-state index is 13.5. The standard InChI is InChI=1S/C11H10F2N4O2S/c12-7-2-1-6(8(13)4-7)3-9-15-16-11(17(9)14)20-5-10(18)19/h1-2,4H,3,5,14H2,(H,18,19). The van der Waals surface area contributed by atoms with E-state index in [1.165, 1.54) is 6.07 Å². The van der Waals surface area contributed by atoms with Crippen molar-refractivity contribution < 1.29 is 18.7 Å². The van der Waals surface area contributed by atoms with Crippen LogP contribution in [0, 0.1) is 11.6 Å². The Hall–Kier alpha value is -2.16. The number of nitrogens with two attached hydrogens (primary N) is 1. The van der Waals surface area contributed by atoms with Gasteiger partial charge in [0, 0.05) is 12.5 Å². The SMILES string of the molecule is Nn1c(Cc2ccc(F)cc2F)nnc1SCC(=O)O. The molecule has 0 unspecified atom stereocenters. The number of thioether (sulfide) groups is 1. The van der Waals surface area contributed by atoms with Crippen LogP contribution in [0.4, 0.5) is 8.78 Å². The molecule has 0 bridgehead atoms. The van der Waals surface area contributed by atoms with Gasteiger partial charge < -0.3 is 10.9 Å². The third-order valence-electron chi connectivity index (χ3n) is 2.42. The van der Waals surface area contributed by atoms with Crippen molar-refractivity contribution in [2.45, 2.75) is 11.6 Å². The van der Waals surface area contributed by atoms with E-state index in [0.29, 0.717) is 0 Å². The van der Waals surface area contributed by atoms with Gasteiger partial charge in [-0.15, -0.1) is 10.2 Å². The number of nitrogens with zero attached hydrogens (tertiary/aromatic N) is 3. The molecule has 0 amide bonds. The largest absolute Gasteiger partial charge is 0.481 e. The molecule has 6 nitrogen and oxygen atoms in total. The first-order valence-electron chi connectivity index (χ1n) is 5.45.